The van der Waals surface area contributed by atoms with E-state index in [1.54, 1.807) is 6.20 Å². The van der Waals surface area contributed by atoms with Crippen molar-refractivity contribution in [3.63, 3.8) is 0 Å². The van der Waals surface area contributed by atoms with Crippen LogP contribution in [-0.2, 0) is 4.74 Å². The smallest absolute Gasteiger partial charge is 0.137 e. The minimum atomic E-state index is 0.202. The molecule has 2 N–H and O–H groups in total. The summed E-state index contributed by atoms with van der Waals surface area (Å²) in [6, 6.07) is 2.62. The van der Waals surface area contributed by atoms with Gasteiger partial charge in [-0.05, 0) is 49.3 Å². The SMILES string of the molecule is OCCCOC[C@H]1C[C@@H]1c1cncc(OC[C@@H]2CCN2)c1. The Morgan fingerprint density at radius 2 is 2.24 bits per heavy atom. The first kappa shape index (κ1) is 14.8. The van der Waals surface area contributed by atoms with Crippen LogP contribution in [0, 0.1) is 5.92 Å². The number of rotatable bonds is 9. The molecule has 1 aromatic heterocycles. The fourth-order valence-electron chi connectivity index (χ4n) is 2.65. The summed E-state index contributed by atoms with van der Waals surface area (Å²) in [4.78, 5) is 4.29. The molecule has 0 aromatic carbocycles. The highest BCUT2D eigenvalue weighted by molar-refractivity contribution is 5.30. The van der Waals surface area contributed by atoms with Crippen LogP contribution in [0.1, 0.15) is 30.7 Å². The van der Waals surface area contributed by atoms with Crippen molar-refractivity contribution in [3.8, 4) is 5.75 Å². The molecule has 21 heavy (non-hydrogen) atoms. The van der Waals surface area contributed by atoms with E-state index in [0.29, 0.717) is 24.5 Å². The van der Waals surface area contributed by atoms with Gasteiger partial charge in [0.15, 0.2) is 0 Å². The molecule has 0 amide bonds. The number of aliphatic hydroxyl groups is 1. The molecule has 2 heterocycles. The largest absolute Gasteiger partial charge is 0.490 e. The van der Waals surface area contributed by atoms with E-state index in [1.807, 2.05) is 6.20 Å². The average Bonchev–Trinajstić information content (AvgIpc) is 3.22. The van der Waals surface area contributed by atoms with Gasteiger partial charge in [-0.1, -0.05) is 0 Å². The topological polar surface area (TPSA) is 63.6 Å². The van der Waals surface area contributed by atoms with Gasteiger partial charge >= 0.3 is 0 Å². The van der Waals surface area contributed by atoms with Gasteiger partial charge in [0.1, 0.15) is 12.4 Å². The number of pyridine rings is 1. The summed E-state index contributed by atoms with van der Waals surface area (Å²) < 4.78 is 11.4. The second-order valence-electron chi connectivity index (χ2n) is 5.96. The Kier molecular flexibility index (Phi) is 5.06. The lowest BCUT2D eigenvalue weighted by atomic mass is 10.1. The fourth-order valence-corrected chi connectivity index (χ4v) is 2.65. The minimum absolute atomic E-state index is 0.202. The van der Waals surface area contributed by atoms with E-state index >= 15 is 0 Å². The number of hydrogen-bond acceptors (Lipinski definition) is 5. The Bertz CT molecular complexity index is 451. The Hall–Kier alpha value is -1.17. The predicted molar refractivity (Wildman–Crippen MR) is 79.5 cm³/mol. The zero-order valence-electron chi connectivity index (χ0n) is 12.3. The first-order valence-corrected chi connectivity index (χ1v) is 7.86. The molecule has 1 saturated heterocycles. The third-order valence-corrected chi connectivity index (χ3v) is 4.24. The monoisotopic (exact) mass is 292 g/mol. The number of hydrogen-bond donors (Lipinski definition) is 2. The van der Waals surface area contributed by atoms with Crippen LogP contribution in [0.5, 0.6) is 5.75 Å². The molecule has 0 bridgehead atoms. The molecule has 2 fully saturated rings. The van der Waals surface area contributed by atoms with E-state index in [-0.39, 0.29) is 6.61 Å². The molecule has 116 valence electrons. The molecule has 1 aliphatic carbocycles. The van der Waals surface area contributed by atoms with Crippen molar-refractivity contribution in [2.45, 2.75) is 31.2 Å². The molecular formula is C16H24N2O3. The van der Waals surface area contributed by atoms with E-state index in [2.05, 4.69) is 16.4 Å². The van der Waals surface area contributed by atoms with E-state index in [0.717, 1.165) is 38.3 Å². The van der Waals surface area contributed by atoms with Crippen LogP contribution >= 0.6 is 0 Å². The first-order valence-electron chi connectivity index (χ1n) is 7.86. The number of aliphatic hydroxyl groups excluding tert-OH is 1. The first-order chi connectivity index (χ1) is 10.4. The molecule has 1 aliphatic heterocycles. The van der Waals surface area contributed by atoms with Crippen molar-refractivity contribution in [1.82, 2.24) is 10.3 Å². The summed E-state index contributed by atoms with van der Waals surface area (Å²) in [5.41, 5.74) is 1.25. The van der Waals surface area contributed by atoms with Crippen molar-refractivity contribution in [2.75, 3.05) is 33.0 Å². The van der Waals surface area contributed by atoms with E-state index in [9.17, 15) is 0 Å². The normalized spacial score (nSPS) is 27.2. The van der Waals surface area contributed by atoms with Gasteiger partial charge in [0.25, 0.3) is 0 Å². The second-order valence-corrected chi connectivity index (χ2v) is 5.96. The Labute approximate surface area is 125 Å². The highest BCUT2D eigenvalue weighted by atomic mass is 16.5. The van der Waals surface area contributed by atoms with Gasteiger partial charge in [0.05, 0.1) is 6.20 Å². The molecule has 0 unspecified atom stereocenters. The summed E-state index contributed by atoms with van der Waals surface area (Å²) in [7, 11) is 0. The van der Waals surface area contributed by atoms with Crippen LogP contribution in [0.2, 0.25) is 0 Å². The molecule has 1 saturated carbocycles. The van der Waals surface area contributed by atoms with E-state index in [4.69, 9.17) is 14.6 Å². The van der Waals surface area contributed by atoms with Gasteiger partial charge in [-0.15, -0.1) is 0 Å². The zero-order chi connectivity index (χ0) is 14.5. The lowest BCUT2D eigenvalue weighted by Crippen LogP contribution is -2.46. The van der Waals surface area contributed by atoms with Gasteiger partial charge < -0.3 is 19.9 Å². The van der Waals surface area contributed by atoms with Gasteiger partial charge in [-0.3, -0.25) is 4.98 Å². The molecule has 3 atom stereocenters. The third-order valence-electron chi connectivity index (χ3n) is 4.24. The molecule has 5 heteroatoms. The molecule has 0 radical (unpaired) electrons. The van der Waals surface area contributed by atoms with Crippen molar-refractivity contribution in [1.29, 1.82) is 0 Å². The van der Waals surface area contributed by atoms with Crippen molar-refractivity contribution < 1.29 is 14.6 Å². The van der Waals surface area contributed by atoms with Crippen LogP contribution in [0.3, 0.4) is 0 Å². The number of nitrogens with zero attached hydrogens (tertiary/aromatic N) is 1. The lowest BCUT2D eigenvalue weighted by Gasteiger charge is -2.27. The maximum Gasteiger partial charge on any atom is 0.137 e. The average molecular weight is 292 g/mol. The summed E-state index contributed by atoms with van der Waals surface area (Å²) >= 11 is 0. The standard InChI is InChI=1S/C16H24N2O3/c19-4-1-5-20-10-13-7-16(13)12-6-15(9-17-8-12)21-11-14-2-3-18-14/h6,8-9,13-14,16,18-19H,1-5,7,10-11H2/t13-,14+,16-/m1/s1. The van der Waals surface area contributed by atoms with Crippen molar-refractivity contribution in [3.05, 3.63) is 24.0 Å². The number of aromatic nitrogens is 1. The van der Waals surface area contributed by atoms with Crippen LogP contribution in [0.4, 0.5) is 0 Å². The summed E-state index contributed by atoms with van der Waals surface area (Å²) in [5.74, 6) is 2.01. The fraction of sp³-hybridized carbons (Fsp3) is 0.688. The predicted octanol–water partition coefficient (Wildman–Crippen LogP) is 1.32. The van der Waals surface area contributed by atoms with Crippen LogP contribution in [0.15, 0.2) is 18.5 Å². The summed E-state index contributed by atoms with van der Waals surface area (Å²) in [6.07, 6.45) is 6.80. The van der Waals surface area contributed by atoms with Crippen LogP contribution in [0.25, 0.3) is 0 Å². The van der Waals surface area contributed by atoms with Crippen molar-refractivity contribution >= 4 is 0 Å². The number of nitrogens with one attached hydrogen (secondary N) is 1. The molecule has 1 aromatic rings. The maximum absolute atomic E-state index is 8.71. The second kappa shape index (κ2) is 7.20. The molecule has 0 spiro atoms. The summed E-state index contributed by atoms with van der Waals surface area (Å²) in [5, 5.41) is 12.0. The Balaban J connectivity index is 1.43. The highest BCUT2D eigenvalue weighted by Crippen LogP contribution is 2.47. The molecule has 2 aliphatic rings. The third kappa shape index (κ3) is 4.15. The van der Waals surface area contributed by atoms with E-state index in [1.165, 1.54) is 12.0 Å². The van der Waals surface area contributed by atoms with Crippen molar-refractivity contribution in [2.24, 2.45) is 5.92 Å². The maximum atomic E-state index is 8.71. The lowest BCUT2D eigenvalue weighted by molar-refractivity contribution is 0.107. The van der Waals surface area contributed by atoms with Gasteiger partial charge in [-0.2, -0.15) is 0 Å². The van der Waals surface area contributed by atoms with E-state index < -0.39 is 0 Å². The molecule has 3 rings (SSSR count). The number of ether oxygens (including phenoxy) is 2. The van der Waals surface area contributed by atoms with Gasteiger partial charge in [-0.25, -0.2) is 0 Å². The molecular weight excluding hydrogens is 268 g/mol. The zero-order valence-corrected chi connectivity index (χ0v) is 12.3. The molecule has 5 nitrogen and oxygen atoms in total. The van der Waals surface area contributed by atoms with Gasteiger partial charge in [0.2, 0.25) is 0 Å². The van der Waals surface area contributed by atoms with Gasteiger partial charge in [0, 0.05) is 32.1 Å². The van der Waals surface area contributed by atoms with Crippen LogP contribution in [-0.4, -0.2) is 49.1 Å². The summed E-state index contributed by atoms with van der Waals surface area (Å²) in [6.45, 7) is 3.46. The Morgan fingerprint density at radius 3 is 3.00 bits per heavy atom. The van der Waals surface area contributed by atoms with Crippen LogP contribution < -0.4 is 10.1 Å². The highest BCUT2D eigenvalue weighted by Gasteiger charge is 2.38. The quantitative estimate of drug-likeness (QED) is 0.672. The Morgan fingerprint density at radius 1 is 1.33 bits per heavy atom. The minimum Gasteiger partial charge on any atom is -0.490 e.